The van der Waals surface area contributed by atoms with Crippen molar-refractivity contribution in [2.45, 2.75) is 25.8 Å². The van der Waals surface area contributed by atoms with E-state index < -0.39 is 6.04 Å². The summed E-state index contributed by atoms with van der Waals surface area (Å²) < 4.78 is 4.82. The van der Waals surface area contributed by atoms with E-state index in [9.17, 15) is 0 Å². The molecule has 68 valence electrons. The fourth-order valence-corrected chi connectivity index (χ4v) is 0.821. The van der Waals surface area contributed by atoms with Gasteiger partial charge in [0.2, 0.25) is 5.89 Å². The van der Waals surface area contributed by atoms with Crippen LogP contribution in [0.4, 0.5) is 0 Å². The molecule has 5 nitrogen and oxygen atoms in total. The van der Waals surface area contributed by atoms with Crippen LogP contribution in [0.25, 0.3) is 0 Å². The molecule has 0 amide bonds. The molecule has 0 aliphatic carbocycles. The minimum absolute atomic E-state index is 0.173. The second-order valence-electron chi connectivity index (χ2n) is 2.59. The summed E-state index contributed by atoms with van der Waals surface area (Å²) in [4.78, 5) is 4.01. The summed E-state index contributed by atoms with van der Waals surface area (Å²) in [7, 11) is 0. The van der Waals surface area contributed by atoms with Gasteiger partial charge in [-0.05, 0) is 6.42 Å². The molecule has 0 spiro atoms. The molecule has 0 radical (unpaired) electrons. The van der Waals surface area contributed by atoms with E-state index in [2.05, 4.69) is 10.1 Å². The van der Waals surface area contributed by atoms with Crippen LogP contribution in [0.15, 0.2) is 4.52 Å². The third-order valence-corrected chi connectivity index (χ3v) is 1.47. The van der Waals surface area contributed by atoms with Gasteiger partial charge in [-0.15, -0.1) is 0 Å². The van der Waals surface area contributed by atoms with Gasteiger partial charge in [0.05, 0.1) is 6.61 Å². The van der Waals surface area contributed by atoms with Crippen molar-refractivity contribution in [2.75, 3.05) is 6.61 Å². The van der Waals surface area contributed by atoms with Crippen LogP contribution in [0.1, 0.15) is 31.1 Å². The zero-order valence-corrected chi connectivity index (χ0v) is 7.03. The highest BCUT2D eigenvalue weighted by molar-refractivity contribution is 4.91. The number of aryl methyl sites for hydroxylation is 1. The lowest BCUT2D eigenvalue weighted by Crippen LogP contribution is -2.14. The lowest BCUT2D eigenvalue weighted by atomic mass is 10.3. The first-order valence-corrected chi connectivity index (χ1v) is 3.96. The monoisotopic (exact) mass is 171 g/mol. The van der Waals surface area contributed by atoms with Crippen LogP contribution in [0.5, 0.6) is 0 Å². The van der Waals surface area contributed by atoms with Gasteiger partial charge in [0.15, 0.2) is 5.82 Å². The van der Waals surface area contributed by atoms with Crippen molar-refractivity contribution >= 4 is 0 Å². The van der Waals surface area contributed by atoms with Gasteiger partial charge in [-0.2, -0.15) is 4.98 Å². The summed E-state index contributed by atoms with van der Waals surface area (Å²) >= 11 is 0. The standard InChI is InChI=1S/C7H13N3O2/c1-2-3-6-9-7(12-10-6)5(8)4-11/h5,11H,2-4,8H2,1H3/t5-/m0/s1. The molecule has 0 aromatic carbocycles. The Morgan fingerprint density at radius 1 is 1.67 bits per heavy atom. The first kappa shape index (κ1) is 9.15. The lowest BCUT2D eigenvalue weighted by Gasteiger charge is -1.98. The zero-order valence-electron chi connectivity index (χ0n) is 7.03. The molecule has 0 saturated heterocycles. The van der Waals surface area contributed by atoms with E-state index >= 15 is 0 Å². The van der Waals surface area contributed by atoms with Crippen LogP contribution in [-0.2, 0) is 6.42 Å². The lowest BCUT2D eigenvalue weighted by molar-refractivity contribution is 0.236. The Balaban J connectivity index is 2.63. The summed E-state index contributed by atoms with van der Waals surface area (Å²) in [6.07, 6.45) is 1.75. The van der Waals surface area contributed by atoms with Crippen molar-refractivity contribution in [2.24, 2.45) is 5.73 Å². The van der Waals surface area contributed by atoms with Crippen LogP contribution < -0.4 is 5.73 Å². The van der Waals surface area contributed by atoms with Gasteiger partial charge in [0.25, 0.3) is 0 Å². The minimum Gasteiger partial charge on any atom is -0.394 e. The average Bonchev–Trinajstić information content (AvgIpc) is 2.52. The van der Waals surface area contributed by atoms with Crippen molar-refractivity contribution in [3.63, 3.8) is 0 Å². The van der Waals surface area contributed by atoms with Crippen molar-refractivity contribution in [3.05, 3.63) is 11.7 Å². The molecular formula is C7H13N3O2. The molecule has 1 aromatic rings. The van der Waals surface area contributed by atoms with Gasteiger partial charge in [-0.25, -0.2) is 0 Å². The van der Waals surface area contributed by atoms with Gasteiger partial charge in [0.1, 0.15) is 6.04 Å². The third kappa shape index (κ3) is 2.02. The predicted octanol–water partition coefficient (Wildman–Crippen LogP) is 0.0142. The Bertz CT molecular complexity index is 236. The van der Waals surface area contributed by atoms with E-state index in [-0.39, 0.29) is 6.61 Å². The fraction of sp³-hybridized carbons (Fsp3) is 0.714. The molecule has 0 unspecified atom stereocenters. The highest BCUT2D eigenvalue weighted by Gasteiger charge is 2.12. The van der Waals surface area contributed by atoms with Crippen molar-refractivity contribution < 1.29 is 9.63 Å². The molecule has 1 aromatic heterocycles. The van der Waals surface area contributed by atoms with E-state index in [1.54, 1.807) is 0 Å². The first-order chi connectivity index (χ1) is 5.77. The van der Waals surface area contributed by atoms with E-state index in [4.69, 9.17) is 15.4 Å². The molecule has 0 aliphatic heterocycles. The normalized spacial score (nSPS) is 13.2. The molecule has 1 atom stereocenters. The molecule has 12 heavy (non-hydrogen) atoms. The van der Waals surface area contributed by atoms with Crippen LogP contribution in [0.2, 0.25) is 0 Å². The maximum Gasteiger partial charge on any atom is 0.245 e. The molecule has 1 rings (SSSR count). The number of aliphatic hydroxyl groups excluding tert-OH is 1. The minimum atomic E-state index is -0.553. The summed E-state index contributed by atoms with van der Waals surface area (Å²) in [5.74, 6) is 0.956. The smallest absolute Gasteiger partial charge is 0.245 e. The highest BCUT2D eigenvalue weighted by atomic mass is 16.5. The molecule has 0 saturated carbocycles. The summed E-state index contributed by atoms with van der Waals surface area (Å²) in [6.45, 7) is 1.86. The molecule has 3 N–H and O–H groups in total. The summed E-state index contributed by atoms with van der Waals surface area (Å²) in [5.41, 5.74) is 5.46. The fourth-order valence-electron chi connectivity index (χ4n) is 0.821. The van der Waals surface area contributed by atoms with Crippen molar-refractivity contribution in [3.8, 4) is 0 Å². The number of aliphatic hydroxyl groups is 1. The Morgan fingerprint density at radius 3 is 3.00 bits per heavy atom. The molecule has 0 bridgehead atoms. The van der Waals surface area contributed by atoms with Gasteiger partial charge in [-0.1, -0.05) is 12.1 Å². The van der Waals surface area contributed by atoms with Crippen LogP contribution in [0.3, 0.4) is 0 Å². The maximum absolute atomic E-state index is 8.67. The van der Waals surface area contributed by atoms with E-state index in [1.807, 2.05) is 6.92 Å². The van der Waals surface area contributed by atoms with Gasteiger partial charge in [-0.3, -0.25) is 0 Å². The van der Waals surface area contributed by atoms with Crippen LogP contribution in [0, 0.1) is 0 Å². The number of hydrogen-bond donors (Lipinski definition) is 2. The van der Waals surface area contributed by atoms with Crippen molar-refractivity contribution in [1.29, 1.82) is 0 Å². The number of nitrogens with zero attached hydrogens (tertiary/aromatic N) is 2. The summed E-state index contributed by atoms with van der Waals surface area (Å²) in [5, 5.41) is 12.4. The van der Waals surface area contributed by atoms with Gasteiger partial charge < -0.3 is 15.4 Å². The largest absolute Gasteiger partial charge is 0.394 e. The molecule has 0 fully saturated rings. The molecule has 1 heterocycles. The average molecular weight is 171 g/mol. The number of rotatable bonds is 4. The Hall–Kier alpha value is -0.940. The predicted molar refractivity (Wildman–Crippen MR) is 42.3 cm³/mol. The number of nitrogens with two attached hydrogens (primary N) is 1. The van der Waals surface area contributed by atoms with Crippen molar-refractivity contribution in [1.82, 2.24) is 10.1 Å². The maximum atomic E-state index is 8.67. The topological polar surface area (TPSA) is 85.2 Å². The van der Waals surface area contributed by atoms with E-state index in [0.29, 0.717) is 11.7 Å². The molecule has 0 aliphatic rings. The zero-order chi connectivity index (χ0) is 8.97. The Kier molecular flexibility index (Phi) is 3.19. The van der Waals surface area contributed by atoms with E-state index in [1.165, 1.54) is 0 Å². The quantitative estimate of drug-likeness (QED) is 0.666. The second-order valence-corrected chi connectivity index (χ2v) is 2.59. The van der Waals surface area contributed by atoms with Gasteiger partial charge in [0, 0.05) is 6.42 Å². The molecular weight excluding hydrogens is 158 g/mol. The number of aromatic nitrogens is 2. The summed E-state index contributed by atoms with van der Waals surface area (Å²) in [6, 6.07) is -0.553. The molecule has 5 heteroatoms. The number of hydrogen-bond acceptors (Lipinski definition) is 5. The van der Waals surface area contributed by atoms with E-state index in [0.717, 1.165) is 12.8 Å². The Morgan fingerprint density at radius 2 is 2.42 bits per heavy atom. The highest BCUT2D eigenvalue weighted by Crippen LogP contribution is 2.07. The third-order valence-electron chi connectivity index (χ3n) is 1.47. The van der Waals surface area contributed by atoms with Gasteiger partial charge >= 0.3 is 0 Å². The first-order valence-electron chi connectivity index (χ1n) is 3.96. The SMILES string of the molecule is CCCc1noc([C@@H](N)CO)n1. The van der Waals surface area contributed by atoms with Crippen LogP contribution in [-0.4, -0.2) is 21.9 Å². The van der Waals surface area contributed by atoms with Crippen LogP contribution >= 0.6 is 0 Å². The Labute approximate surface area is 70.6 Å². The second kappa shape index (κ2) is 4.18.